The third-order valence-electron chi connectivity index (χ3n) is 3.87. The molecule has 3 rings (SSSR count). The van der Waals surface area contributed by atoms with Crippen molar-refractivity contribution in [1.82, 2.24) is 0 Å². The molecule has 0 radical (unpaired) electrons. The summed E-state index contributed by atoms with van der Waals surface area (Å²) in [4.78, 5) is 12.3. The van der Waals surface area contributed by atoms with Crippen LogP contribution >= 0.6 is 0 Å². The molecule has 0 heterocycles. The van der Waals surface area contributed by atoms with Gasteiger partial charge in [-0.1, -0.05) is 30.3 Å². The van der Waals surface area contributed by atoms with Crippen molar-refractivity contribution in [1.29, 1.82) is 0 Å². The fourth-order valence-electron chi connectivity index (χ4n) is 2.50. The molecule has 0 spiro atoms. The fraction of sp³-hybridized carbons (Fsp3) is 0.0952. The predicted octanol–water partition coefficient (Wildman–Crippen LogP) is 4.11. The van der Waals surface area contributed by atoms with Gasteiger partial charge < -0.3 is 20.5 Å². The molecule has 132 valence electrons. The number of benzene rings is 3. The number of hydrogen-bond acceptors (Lipinski definition) is 4. The lowest BCUT2D eigenvalue weighted by molar-refractivity contribution is -0.124. The molecule has 0 saturated carbocycles. The van der Waals surface area contributed by atoms with E-state index in [1.54, 1.807) is 36.4 Å². The van der Waals surface area contributed by atoms with Crippen LogP contribution < -0.4 is 15.4 Å². The standard InChI is InChI=1S/C21H20N2O3/c1-26-19-9-5-6-15(14-19)20(24)21(25)23-18-12-10-17(11-13-18)22-16-7-3-2-4-8-16/h2-14,20,22,24H,1H3,(H,23,25). The summed E-state index contributed by atoms with van der Waals surface area (Å²) in [6.45, 7) is 0. The zero-order valence-electron chi connectivity index (χ0n) is 14.3. The molecule has 0 fully saturated rings. The first kappa shape index (κ1) is 17.5. The maximum absolute atomic E-state index is 12.3. The molecule has 26 heavy (non-hydrogen) atoms. The van der Waals surface area contributed by atoms with Crippen molar-refractivity contribution in [3.05, 3.63) is 84.4 Å². The molecule has 0 saturated heterocycles. The highest BCUT2D eigenvalue weighted by molar-refractivity contribution is 5.94. The number of aliphatic hydroxyl groups excluding tert-OH is 1. The van der Waals surface area contributed by atoms with Gasteiger partial charge in [0, 0.05) is 17.1 Å². The Kier molecular flexibility index (Phi) is 5.51. The van der Waals surface area contributed by atoms with Gasteiger partial charge in [-0.05, 0) is 54.1 Å². The maximum atomic E-state index is 12.3. The highest BCUT2D eigenvalue weighted by atomic mass is 16.5. The minimum absolute atomic E-state index is 0.476. The van der Waals surface area contributed by atoms with Crippen LogP contribution in [0.1, 0.15) is 11.7 Å². The summed E-state index contributed by atoms with van der Waals surface area (Å²) in [5.41, 5.74) is 2.97. The number of rotatable bonds is 6. The first-order chi connectivity index (χ1) is 12.7. The van der Waals surface area contributed by atoms with Gasteiger partial charge in [-0.15, -0.1) is 0 Å². The van der Waals surface area contributed by atoms with Crippen LogP contribution in [0.15, 0.2) is 78.9 Å². The average molecular weight is 348 g/mol. The van der Waals surface area contributed by atoms with Crippen LogP contribution in [0.4, 0.5) is 17.1 Å². The average Bonchev–Trinajstić information content (AvgIpc) is 2.69. The Morgan fingerprint density at radius 3 is 2.23 bits per heavy atom. The highest BCUT2D eigenvalue weighted by Crippen LogP contribution is 2.22. The van der Waals surface area contributed by atoms with E-state index in [4.69, 9.17) is 4.74 Å². The van der Waals surface area contributed by atoms with Crippen molar-refractivity contribution < 1.29 is 14.6 Å². The van der Waals surface area contributed by atoms with Crippen LogP contribution in [0, 0.1) is 0 Å². The molecule has 1 unspecified atom stereocenters. The van der Waals surface area contributed by atoms with Crippen molar-refractivity contribution in [2.24, 2.45) is 0 Å². The number of para-hydroxylation sites is 1. The zero-order chi connectivity index (χ0) is 18.4. The van der Waals surface area contributed by atoms with Crippen molar-refractivity contribution in [2.75, 3.05) is 17.7 Å². The SMILES string of the molecule is COc1cccc(C(O)C(=O)Nc2ccc(Nc3ccccc3)cc2)c1. The Bertz CT molecular complexity index is 864. The summed E-state index contributed by atoms with van der Waals surface area (Å²) < 4.78 is 5.12. The van der Waals surface area contributed by atoms with E-state index in [2.05, 4.69) is 10.6 Å². The number of nitrogens with one attached hydrogen (secondary N) is 2. The van der Waals surface area contributed by atoms with E-state index in [0.29, 0.717) is 17.0 Å². The van der Waals surface area contributed by atoms with Crippen LogP contribution in [0.5, 0.6) is 5.75 Å². The lowest BCUT2D eigenvalue weighted by Crippen LogP contribution is -2.20. The van der Waals surface area contributed by atoms with Crippen molar-refractivity contribution in [3.63, 3.8) is 0 Å². The maximum Gasteiger partial charge on any atom is 0.257 e. The fourth-order valence-corrected chi connectivity index (χ4v) is 2.50. The van der Waals surface area contributed by atoms with Gasteiger partial charge in [-0.2, -0.15) is 0 Å². The minimum atomic E-state index is -1.27. The number of ether oxygens (including phenoxy) is 1. The molecular weight excluding hydrogens is 328 g/mol. The van der Waals surface area contributed by atoms with Crippen molar-refractivity contribution in [2.45, 2.75) is 6.10 Å². The van der Waals surface area contributed by atoms with Gasteiger partial charge in [0.2, 0.25) is 0 Å². The van der Waals surface area contributed by atoms with E-state index < -0.39 is 12.0 Å². The minimum Gasteiger partial charge on any atom is -0.497 e. The summed E-state index contributed by atoms with van der Waals surface area (Å²) in [7, 11) is 1.54. The van der Waals surface area contributed by atoms with E-state index in [1.807, 2.05) is 42.5 Å². The third-order valence-corrected chi connectivity index (χ3v) is 3.87. The number of carbonyl (C=O) groups is 1. The van der Waals surface area contributed by atoms with Crippen molar-refractivity contribution >= 4 is 23.0 Å². The topological polar surface area (TPSA) is 70.6 Å². The second-order valence-corrected chi connectivity index (χ2v) is 5.74. The summed E-state index contributed by atoms with van der Waals surface area (Å²) in [5.74, 6) is 0.0905. The lowest BCUT2D eigenvalue weighted by atomic mass is 10.1. The second-order valence-electron chi connectivity index (χ2n) is 5.74. The number of carbonyl (C=O) groups excluding carboxylic acids is 1. The van der Waals surface area contributed by atoms with Gasteiger partial charge in [0.25, 0.3) is 5.91 Å². The Hall–Kier alpha value is -3.31. The first-order valence-corrected chi connectivity index (χ1v) is 8.21. The molecule has 3 aromatic rings. The summed E-state index contributed by atoms with van der Waals surface area (Å²) in [5, 5.41) is 16.2. The van der Waals surface area contributed by atoms with E-state index in [0.717, 1.165) is 11.4 Å². The Labute approximate surface area is 152 Å². The van der Waals surface area contributed by atoms with Crippen LogP contribution in [0.2, 0.25) is 0 Å². The smallest absolute Gasteiger partial charge is 0.257 e. The molecule has 0 bridgehead atoms. The Balaban J connectivity index is 1.63. The van der Waals surface area contributed by atoms with E-state index in [1.165, 1.54) is 7.11 Å². The lowest BCUT2D eigenvalue weighted by Gasteiger charge is -2.13. The number of anilines is 3. The number of hydrogen-bond donors (Lipinski definition) is 3. The predicted molar refractivity (Wildman–Crippen MR) is 103 cm³/mol. The van der Waals surface area contributed by atoms with Gasteiger partial charge in [0.05, 0.1) is 7.11 Å². The molecule has 0 aliphatic carbocycles. The van der Waals surface area contributed by atoms with E-state index in [-0.39, 0.29) is 0 Å². The number of aliphatic hydroxyl groups is 1. The third kappa shape index (κ3) is 4.40. The molecule has 1 amide bonds. The van der Waals surface area contributed by atoms with Crippen LogP contribution in [-0.2, 0) is 4.79 Å². The van der Waals surface area contributed by atoms with Gasteiger partial charge >= 0.3 is 0 Å². The van der Waals surface area contributed by atoms with Gasteiger partial charge in [-0.3, -0.25) is 4.79 Å². The number of methoxy groups -OCH3 is 1. The van der Waals surface area contributed by atoms with Gasteiger partial charge in [-0.25, -0.2) is 0 Å². The molecule has 0 aliphatic heterocycles. The van der Waals surface area contributed by atoms with Gasteiger partial charge in [0.1, 0.15) is 5.75 Å². The Morgan fingerprint density at radius 2 is 1.54 bits per heavy atom. The molecule has 1 atom stereocenters. The molecule has 5 heteroatoms. The molecule has 3 aromatic carbocycles. The summed E-state index contributed by atoms with van der Waals surface area (Å²) in [6.07, 6.45) is -1.27. The Morgan fingerprint density at radius 1 is 0.885 bits per heavy atom. The van der Waals surface area contributed by atoms with Crippen LogP contribution in [0.3, 0.4) is 0 Å². The normalized spacial score (nSPS) is 11.5. The van der Waals surface area contributed by atoms with E-state index in [9.17, 15) is 9.90 Å². The van der Waals surface area contributed by atoms with Crippen LogP contribution in [-0.4, -0.2) is 18.1 Å². The van der Waals surface area contributed by atoms with Gasteiger partial charge in [0.15, 0.2) is 6.10 Å². The molecule has 0 aliphatic rings. The molecule has 5 nitrogen and oxygen atoms in total. The van der Waals surface area contributed by atoms with Crippen LogP contribution in [0.25, 0.3) is 0 Å². The molecular formula is C21H20N2O3. The summed E-state index contributed by atoms with van der Waals surface area (Å²) >= 11 is 0. The largest absolute Gasteiger partial charge is 0.497 e. The highest BCUT2D eigenvalue weighted by Gasteiger charge is 2.18. The summed E-state index contributed by atoms with van der Waals surface area (Å²) in [6, 6.07) is 23.9. The quantitative estimate of drug-likeness (QED) is 0.627. The molecule has 3 N–H and O–H groups in total. The first-order valence-electron chi connectivity index (χ1n) is 8.21. The van der Waals surface area contributed by atoms with E-state index >= 15 is 0 Å². The van der Waals surface area contributed by atoms with Crippen molar-refractivity contribution in [3.8, 4) is 5.75 Å². The number of amides is 1. The second kappa shape index (κ2) is 8.18. The monoisotopic (exact) mass is 348 g/mol. The molecule has 0 aromatic heterocycles. The zero-order valence-corrected chi connectivity index (χ0v) is 14.3.